The molecule has 0 aliphatic carbocycles. The summed E-state index contributed by atoms with van der Waals surface area (Å²) >= 11 is 1.62. The van der Waals surface area contributed by atoms with Gasteiger partial charge in [-0.1, -0.05) is 0 Å². The third-order valence-electron chi connectivity index (χ3n) is 1.41. The molecule has 0 spiro atoms. The molecular formula is C8H11NO2S. The number of hydrogen-bond acceptors (Lipinski definition) is 4. The summed E-state index contributed by atoms with van der Waals surface area (Å²) in [6, 6.07) is 0. The van der Waals surface area contributed by atoms with Crippen LogP contribution in [0, 0.1) is 13.8 Å². The van der Waals surface area contributed by atoms with Gasteiger partial charge in [0.1, 0.15) is 6.61 Å². The quantitative estimate of drug-likeness (QED) is 0.660. The Morgan fingerprint density at radius 2 is 2.25 bits per heavy atom. The van der Waals surface area contributed by atoms with Crippen molar-refractivity contribution in [3.8, 4) is 0 Å². The Balaban J connectivity index is 2.62. The monoisotopic (exact) mass is 185 g/mol. The fourth-order valence-corrected chi connectivity index (χ4v) is 1.70. The highest BCUT2D eigenvalue weighted by atomic mass is 32.1. The van der Waals surface area contributed by atoms with Gasteiger partial charge in [0.2, 0.25) is 0 Å². The lowest BCUT2D eigenvalue weighted by molar-refractivity contribution is -0.142. The average molecular weight is 185 g/mol. The smallest absolute Gasteiger partial charge is 0.303 e. The van der Waals surface area contributed by atoms with Crippen molar-refractivity contribution in [3.63, 3.8) is 0 Å². The van der Waals surface area contributed by atoms with Crippen molar-refractivity contribution >= 4 is 17.3 Å². The van der Waals surface area contributed by atoms with Crippen molar-refractivity contribution in [2.24, 2.45) is 0 Å². The van der Waals surface area contributed by atoms with E-state index in [1.165, 1.54) is 6.92 Å². The molecule has 66 valence electrons. The summed E-state index contributed by atoms with van der Waals surface area (Å²) in [7, 11) is 0. The third kappa shape index (κ3) is 2.30. The molecule has 1 aromatic rings. The van der Waals surface area contributed by atoms with Crippen molar-refractivity contribution in [1.29, 1.82) is 0 Å². The zero-order valence-electron chi connectivity index (χ0n) is 7.38. The van der Waals surface area contributed by atoms with E-state index >= 15 is 0 Å². The summed E-state index contributed by atoms with van der Waals surface area (Å²) in [4.78, 5) is 15.8. The number of nitrogens with zero attached hydrogens (tertiary/aromatic N) is 1. The molecule has 0 bridgehead atoms. The van der Waals surface area contributed by atoms with Gasteiger partial charge in [-0.25, -0.2) is 4.98 Å². The number of hydrogen-bond donors (Lipinski definition) is 0. The Morgan fingerprint density at radius 1 is 1.58 bits per heavy atom. The molecule has 0 N–H and O–H groups in total. The van der Waals surface area contributed by atoms with Gasteiger partial charge < -0.3 is 4.74 Å². The van der Waals surface area contributed by atoms with Crippen LogP contribution in [-0.4, -0.2) is 11.0 Å². The molecular weight excluding hydrogens is 174 g/mol. The standard InChI is InChI=1S/C8H11NO2S/c1-5-8(4-11-7(3)10)9-6(2)12-5/h4H2,1-3H3. The van der Waals surface area contributed by atoms with Gasteiger partial charge in [0.25, 0.3) is 0 Å². The molecule has 1 rings (SSSR count). The van der Waals surface area contributed by atoms with E-state index in [0.29, 0.717) is 6.61 Å². The fourth-order valence-electron chi connectivity index (χ4n) is 0.876. The van der Waals surface area contributed by atoms with Gasteiger partial charge in [-0.05, 0) is 13.8 Å². The second-order valence-electron chi connectivity index (χ2n) is 2.52. The molecule has 1 aromatic heterocycles. The van der Waals surface area contributed by atoms with E-state index in [-0.39, 0.29) is 5.97 Å². The van der Waals surface area contributed by atoms with Crippen LogP contribution in [0.2, 0.25) is 0 Å². The summed E-state index contributed by atoms with van der Waals surface area (Å²) in [5.74, 6) is -0.264. The van der Waals surface area contributed by atoms with Gasteiger partial charge in [-0.2, -0.15) is 0 Å². The molecule has 0 saturated carbocycles. The minimum absolute atomic E-state index is 0.264. The van der Waals surface area contributed by atoms with Crippen LogP contribution >= 0.6 is 11.3 Å². The first-order valence-corrected chi connectivity index (χ1v) is 4.47. The summed E-state index contributed by atoms with van der Waals surface area (Å²) < 4.78 is 4.83. The van der Waals surface area contributed by atoms with E-state index in [0.717, 1.165) is 15.6 Å². The van der Waals surface area contributed by atoms with Gasteiger partial charge in [0.15, 0.2) is 0 Å². The second-order valence-corrected chi connectivity index (χ2v) is 3.92. The molecule has 0 aliphatic heterocycles. The zero-order chi connectivity index (χ0) is 9.14. The predicted molar refractivity (Wildman–Crippen MR) is 47.1 cm³/mol. The minimum Gasteiger partial charge on any atom is -0.459 e. The Hall–Kier alpha value is -0.900. The van der Waals surface area contributed by atoms with Crippen molar-refractivity contribution in [2.75, 3.05) is 0 Å². The van der Waals surface area contributed by atoms with Gasteiger partial charge in [0, 0.05) is 11.8 Å². The number of esters is 1. The maximum Gasteiger partial charge on any atom is 0.303 e. The van der Waals surface area contributed by atoms with E-state index in [1.54, 1.807) is 11.3 Å². The number of aryl methyl sites for hydroxylation is 2. The second kappa shape index (κ2) is 3.67. The van der Waals surface area contributed by atoms with E-state index in [9.17, 15) is 4.79 Å². The highest BCUT2D eigenvalue weighted by Crippen LogP contribution is 2.16. The number of carbonyl (C=O) groups is 1. The predicted octanol–water partition coefficient (Wildman–Crippen LogP) is 1.82. The lowest BCUT2D eigenvalue weighted by Crippen LogP contribution is -1.99. The molecule has 0 aromatic carbocycles. The molecule has 0 fully saturated rings. The molecule has 12 heavy (non-hydrogen) atoms. The van der Waals surface area contributed by atoms with E-state index in [1.807, 2.05) is 13.8 Å². The highest BCUT2D eigenvalue weighted by molar-refractivity contribution is 7.11. The zero-order valence-corrected chi connectivity index (χ0v) is 8.20. The van der Waals surface area contributed by atoms with Gasteiger partial charge in [-0.3, -0.25) is 4.79 Å². The van der Waals surface area contributed by atoms with Crippen molar-refractivity contribution in [3.05, 3.63) is 15.6 Å². The minimum atomic E-state index is -0.264. The largest absolute Gasteiger partial charge is 0.459 e. The Kier molecular flexibility index (Phi) is 2.81. The van der Waals surface area contributed by atoms with Crippen LogP contribution in [0.25, 0.3) is 0 Å². The third-order valence-corrected chi connectivity index (χ3v) is 2.34. The molecule has 3 nitrogen and oxygen atoms in total. The lowest BCUT2D eigenvalue weighted by Gasteiger charge is -1.98. The highest BCUT2D eigenvalue weighted by Gasteiger charge is 2.05. The molecule has 0 unspecified atom stereocenters. The van der Waals surface area contributed by atoms with Crippen LogP contribution in [-0.2, 0) is 16.1 Å². The van der Waals surface area contributed by atoms with Crippen LogP contribution < -0.4 is 0 Å². The lowest BCUT2D eigenvalue weighted by atomic mass is 10.4. The molecule has 0 aliphatic rings. The Morgan fingerprint density at radius 3 is 2.67 bits per heavy atom. The van der Waals surface area contributed by atoms with Gasteiger partial charge in [0.05, 0.1) is 10.7 Å². The molecule has 0 atom stereocenters. The number of aromatic nitrogens is 1. The van der Waals surface area contributed by atoms with Gasteiger partial charge in [-0.15, -0.1) is 11.3 Å². The molecule has 4 heteroatoms. The van der Waals surface area contributed by atoms with Crippen LogP contribution in [0.4, 0.5) is 0 Å². The summed E-state index contributed by atoms with van der Waals surface area (Å²) in [5, 5.41) is 1.01. The first-order chi connectivity index (χ1) is 5.59. The van der Waals surface area contributed by atoms with Crippen LogP contribution in [0.3, 0.4) is 0 Å². The SMILES string of the molecule is CC(=O)OCc1nc(C)sc1C. The normalized spacial score (nSPS) is 9.92. The average Bonchev–Trinajstić information content (AvgIpc) is 2.26. The number of rotatable bonds is 2. The van der Waals surface area contributed by atoms with Crippen molar-refractivity contribution in [2.45, 2.75) is 27.4 Å². The Labute approximate surface area is 75.4 Å². The van der Waals surface area contributed by atoms with Gasteiger partial charge >= 0.3 is 5.97 Å². The van der Waals surface area contributed by atoms with Crippen molar-refractivity contribution < 1.29 is 9.53 Å². The number of thiazole rings is 1. The van der Waals surface area contributed by atoms with Crippen molar-refractivity contribution in [1.82, 2.24) is 4.98 Å². The first-order valence-electron chi connectivity index (χ1n) is 3.66. The molecule has 0 saturated heterocycles. The van der Waals surface area contributed by atoms with E-state index in [2.05, 4.69) is 4.98 Å². The van der Waals surface area contributed by atoms with Crippen LogP contribution in [0.5, 0.6) is 0 Å². The first kappa shape index (κ1) is 9.19. The number of carbonyl (C=O) groups excluding carboxylic acids is 1. The van der Waals surface area contributed by atoms with E-state index in [4.69, 9.17) is 4.74 Å². The topological polar surface area (TPSA) is 39.2 Å². The molecule has 0 radical (unpaired) electrons. The number of ether oxygens (including phenoxy) is 1. The fraction of sp³-hybridized carbons (Fsp3) is 0.500. The van der Waals surface area contributed by atoms with Crippen LogP contribution in [0.1, 0.15) is 22.5 Å². The maximum absolute atomic E-state index is 10.5. The molecule has 0 amide bonds. The van der Waals surface area contributed by atoms with E-state index < -0.39 is 0 Å². The summed E-state index contributed by atoms with van der Waals surface area (Å²) in [6.45, 7) is 5.61. The summed E-state index contributed by atoms with van der Waals surface area (Å²) in [5.41, 5.74) is 0.868. The summed E-state index contributed by atoms with van der Waals surface area (Å²) in [6.07, 6.45) is 0. The molecule has 1 heterocycles. The Bertz CT molecular complexity index is 293. The van der Waals surface area contributed by atoms with Crippen LogP contribution in [0.15, 0.2) is 0 Å². The maximum atomic E-state index is 10.5.